The predicted molar refractivity (Wildman–Crippen MR) is 70.0 cm³/mol. The molecule has 0 bridgehead atoms. The molecule has 0 radical (unpaired) electrons. The first-order valence-electron chi connectivity index (χ1n) is 6.03. The Morgan fingerprint density at radius 1 is 1.21 bits per heavy atom. The first kappa shape index (κ1) is 16.1. The first-order chi connectivity index (χ1) is 8.46. The molecular weight excluding hydrogens is 279 g/mol. The van der Waals surface area contributed by atoms with E-state index in [4.69, 9.17) is 0 Å². The Morgan fingerprint density at radius 3 is 2.37 bits per heavy atom. The van der Waals surface area contributed by atoms with Gasteiger partial charge in [0.25, 0.3) is 0 Å². The van der Waals surface area contributed by atoms with Crippen LogP contribution in [0.15, 0.2) is 18.2 Å². The Balaban J connectivity index is 0.00000180. The van der Waals surface area contributed by atoms with Crippen LogP contribution in [0.25, 0.3) is 0 Å². The lowest BCUT2D eigenvalue weighted by atomic mass is 9.89. The van der Waals surface area contributed by atoms with E-state index in [-0.39, 0.29) is 18.2 Å². The van der Waals surface area contributed by atoms with Crippen LogP contribution in [0.5, 0.6) is 5.75 Å². The van der Waals surface area contributed by atoms with Crippen molar-refractivity contribution in [3.8, 4) is 5.75 Å². The van der Waals surface area contributed by atoms with Crippen molar-refractivity contribution < 1.29 is 17.9 Å². The number of halogens is 4. The highest BCUT2D eigenvalue weighted by Crippen LogP contribution is 2.31. The van der Waals surface area contributed by atoms with Gasteiger partial charge in [-0.05, 0) is 56.0 Å². The van der Waals surface area contributed by atoms with Gasteiger partial charge in [-0.2, -0.15) is 0 Å². The molecule has 108 valence electrons. The van der Waals surface area contributed by atoms with Gasteiger partial charge >= 0.3 is 6.36 Å². The molecule has 0 unspecified atom stereocenters. The smallest absolute Gasteiger partial charge is 0.406 e. The Morgan fingerprint density at radius 2 is 1.84 bits per heavy atom. The Bertz CT molecular complexity index is 417. The van der Waals surface area contributed by atoms with E-state index in [1.54, 1.807) is 19.1 Å². The summed E-state index contributed by atoms with van der Waals surface area (Å²) in [7, 11) is 0. The van der Waals surface area contributed by atoms with Gasteiger partial charge in [-0.25, -0.2) is 0 Å². The van der Waals surface area contributed by atoms with Crippen molar-refractivity contribution in [3.63, 3.8) is 0 Å². The molecule has 0 atom stereocenters. The van der Waals surface area contributed by atoms with E-state index < -0.39 is 6.36 Å². The van der Waals surface area contributed by atoms with Crippen LogP contribution in [-0.2, 0) is 0 Å². The van der Waals surface area contributed by atoms with Crippen LogP contribution in [0, 0.1) is 6.92 Å². The first-order valence-corrected chi connectivity index (χ1v) is 6.03. The van der Waals surface area contributed by atoms with Gasteiger partial charge in [0.15, 0.2) is 0 Å². The molecule has 0 saturated carbocycles. The molecule has 1 N–H and O–H groups in total. The van der Waals surface area contributed by atoms with Gasteiger partial charge in [0.05, 0.1) is 0 Å². The average Bonchev–Trinajstić information content (AvgIpc) is 2.31. The highest BCUT2D eigenvalue weighted by Gasteiger charge is 2.31. The molecule has 19 heavy (non-hydrogen) atoms. The van der Waals surface area contributed by atoms with Crippen LogP contribution in [-0.4, -0.2) is 19.5 Å². The predicted octanol–water partition coefficient (Wildman–Crippen LogP) is 3.78. The fourth-order valence-electron chi connectivity index (χ4n) is 2.32. The zero-order valence-corrected chi connectivity index (χ0v) is 11.4. The molecule has 1 aliphatic rings. The lowest BCUT2D eigenvalue weighted by Gasteiger charge is -2.23. The average molecular weight is 296 g/mol. The van der Waals surface area contributed by atoms with Crippen molar-refractivity contribution in [2.75, 3.05) is 13.1 Å². The second-order valence-electron chi connectivity index (χ2n) is 4.60. The van der Waals surface area contributed by atoms with Gasteiger partial charge in [-0.3, -0.25) is 0 Å². The third-order valence-electron chi connectivity index (χ3n) is 3.24. The SMILES string of the molecule is Cc1cc(C2CCNCC2)ccc1OC(F)(F)F.Cl. The van der Waals surface area contributed by atoms with Gasteiger partial charge in [0.2, 0.25) is 0 Å². The molecule has 1 aromatic carbocycles. The quantitative estimate of drug-likeness (QED) is 0.896. The molecule has 0 aliphatic carbocycles. The standard InChI is InChI=1S/C13H16F3NO.ClH/c1-9-8-11(10-4-6-17-7-5-10)2-3-12(9)18-13(14,15)16;/h2-3,8,10,17H,4-7H2,1H3;1H. The summed E-state index contributed by atoms with van der Waals surface area (Å²) < 4.78 is 40.4. The zero-order valence-electron chi connectivity index (χ0n) is 10.6. The molecule has 1 aliphatic heterocycles. The fourth-order valence-corrected chi connectivity index (χ4v) is 2.32. The maximum Gasteiger partial charge on any atom is 0.573 e. The number of piperidine rings is 1. The van der Waals surface area contributed by atoms with Crippen molar-refractivity contribution in [1.82, 2.24) is 5.32 Å². The summed E-state index contributed by atoms with van der Waals surface area (Å²) in [5.74, 6) is 0.324. The number of nitrogens with one attached hydrogen (secondary N) is 1. The number of alkyl halides is 3. The van der Waals surface area contributed by atoms with Crippen LogP contribution in [0.2, 0.25) is 0 Å². The van der Waals surface area contributed by atoms with Gasteiger partial charge in [0.1, 0.15) is 5.75 Å². The Kier molecular flexibility index (Phi) is 5.50. The van der Waals surface area contributed by atoms with Gasteiger partial charge < -0.3 is 10.1 Å². The minimum atomic E-state index is -4.62. The molecule has 0 amide bonds. The second kappa shape index (κ2) is 6.48. The van der Waals surface area contributed by atoms with Gasteiger partial charge in [0, 0.05) is 0 Å². The highest BCUT2D eigenvalue weighted by molar-refractivity contribution is 5.85. The summed E-state index contributed by atoms with van der Waals surface area (Å²) in [4.78, 5) is 0. The third kappa shape index (κ3) is 4.58. The number of hydrogen-bond donors (Lipinski definition) is 1. The van der Waals surface area contributed by atoms with E-state index in [9.17, 15) is 13.2 Å². The number of rotatable bonds is 2. The lowest BCUT2D eigenvalue weighted by Crippen LogP contribution is -2.26. The number of benzene rings is 1. The zero-order chi connectivity index (χ0) is 13.2. The largest absolute Gasteiger partial charge is 0.573 e. The molecule has 1 aromatic rings. The molecule has 2 rings (SSSR count). The van der Waals surface area contributed by atoms with Crippen LogP contribution in [0.3, 0.4) is 0 Å². The fraction of sp³-hybridized carbons (Fsp3) is 0.538. The van der Waals surface area contributed by atoms with E-state index in [1.807, 2.05) is 0 Å². The molecular formula is C13H17ClF3NO. The number of ether oxygens (including phenoxy) is 1. The van der Waals surface area contributed by atoms with E-state index in [0.717, 1.165) is 31.5 Å². The summed E-state index contributed by atoms with van der Waals surface area (Å²) in [6, 6.07) is 4.96. The molecule has 6 heteroatoms. The number of aryl methyl sites for hydroxylation is 1. The van der Waals surface area contributed by atoms with E-state index in [0.29, 0.717) is 11.5 Å². The third-order valence-corrected chi connectivity index (χ3v) is 3.24. The van der Waals surface area contributed by atoms with Crippen LogP contribution >= 0.6 is 12.4 Å². The summed E-state index contributed by atoms with van der Waals surface area (Å²) in [5.41, 5.74) is 1.63. The van der Waals surface area contributed by atoms with Crippen molar-refractivity contribution in [2.24, 2.45) is 0 Å². The van der Waals surface area contributed by atoms with Gasteiger partial charge in [-0.15, -0.1) is 25.6 Å². The van der Waals surface area contributed by atoms with Gasteiger partial charge in [-0.1, -0.05) is 12.1 Å². The monoisotopic (exact) mass is 295 g/mol. The molecule has 0 spiro atoms. The Hall–Kier alpha value is -0.940. The lowest BCUT2D eigenvalue weighted by molar-refractivity contribution is -0.274. The number of hydrogen-bond acceptors (Lipinski definition) is 2. The minimum absolute atomic E-state index is 0. The van der Waals surface area contributed by atoms with E-state index in [1.165, 1.54) is 6.07 Å². The van der Waals surface area contributed by atoms with Crippen molar-refractivity contribution in [2.45, 2.75) is 32.0 Å². The second-order valence-corrected chi connectivity index (χ2v) is 4.60. The van der Waals surface area contributed by atoms with E-state index in [2.05, 4.69) is 10.1 Å². The van der Waals surface area contributed by atoms with Crippen molar-refractivity contribution in [3.05, 3.63) is 29.3 Å². The topological polar surface area (TPSA) is 21.3 Å². The molecule has 1 fully saturated rings. The maximum absolute atomic E-state index is 12.1. The minimum Gasteiger partial charge on any atom is -0.406 e. The molecule has 2 nitrogen and oxygen atoms in total. The summed E-state index contributed by atoms with van der Waals surface area (Å²) in [6.07, 6.45) is -2.57. The highest BCUT2D eigenvalue weighted by atomic mass is 35.5. The van der Waals surface area contributed by atoms with E-state index >= 15 is 0 Å². The maximum atomic E-state index is 12.1. The van der Waals surface area contributed by atoms with Crippen LogP contribution in [0.1, 0.15) is 29.9 Å². The van der Waals surface area contributed by atoms with Crippen LogP contribution in [0.4, 0.5) is 13.2 Å². The Labute approximate surface area is 116 Å². The van der Waals surface area contributed by atoms with Crippen molar-refractivity contribution >= 4 is 12.4 Å². The normalized spacial score (nSPS) is 16.8. The molecule has 1 heterocycles. The summed E-state index contributed by atoms with van der Waals surface area (Å²) in [6.45, 7) is 3.57. The van der Waals surface area contributed by atoms with Crippen molar-refractivity contribution in [1.29, 1.82) is 0 Å². The summed E-state index contributed by atoms with van der Waals surface area (Å²) >= 11 is 0. The van der Waals surface area contributed by atoms with Crippen LogP contribution < -0.4 is 10.1 Å². The molecule has 1 saturated heterocycles. The summed E-state index contributed by atoms with van der Waals surface area (Å²) in [5, 5.41) is 3.27. The molecule has 0 aromatic heterocycles.